The molecule has 3 heteroatoms. The molecule has 2 heterocycles. The standard InChI is InChI=1S/C10H15NO2/c1-7(2)8-6-13-10(3)5-4-9(12)11(8)10/h4-5,7-8H,6H2,1-3H3/t8?,10-/m1/s1. The van der Waals surface area contributed by atoms with Gasteiger partial charge in [0, 0.05) is 6.08 Å². The Bertz CT molecular complexity index is 272. The molecule has 0 aromatic carbocycles. The van der Waals surface area contributed by atoms with Gasteiger partial charge in [-0.1, -0.05) is 13.8 Å². The summed E-state index contributed by atoms with van der Waals surface area (Å²) < 4.78 is 5.63. The Hall–Kier alpha value is -0.830. The molecule has 0 radical (unpaired) electrons. The monoisotopic (exact) mass is 181 g/mol. The van der Waals surface area contributed by atoms with Gasteiger partial charge in [0.1, 0.15) is 0 Å². The highest BCUT2D eigenvalue weighted by molar-refractivity contribution is 5.91. The second kappa shape index (κ2) is 2.58. The van der Waals surface area contributed by atoms with Gasteiger partial charge in [-0.05, 0) is 18.9 Å². The third kappa shape index (κ3) is 1.10. The van der Waals surface area contributed by atoms with Gasteiger partial charge in [0.15, 0.2) is 5.72 Å². The van der Waals surface area contributed by atoms with E-state index in [9.17, 15) is 4.79 Å². The number of amides is 1. The molecule has 1 saturated heterocycles. The summed E-state index contributed by atoms with van der Waals surface area (Å²) in [5.74, 6) is 0.532. The zero-order valence-corrected chi connectivity index (χ0v) is 8.28. The van der Waals surface area contributed by atoms with E-state index in [1.54, 1.807) is 6.08 Å². The molecule has 0 bridgehead atoms. The third-order valence-corrected chi connectivity index (χ3v) is 2.90. The Morgan fingerprint density at radius 2 is 2.38 bits per heavy atom. The number of fused-ring (bicyclic) bond motifs is 1. The molecular weight excluding hydrogens is 166 g/mol. The van der Waals surface area contributed by atoms with Crippen LogP contribution in [0.3, 0.4) is 0 Å². The van der Waals surface area contributed by atoms with Crippen LogP contribution in [-0.4, -0.2) is 29.2 Å². The maximum absolute atomic E-state index is 11.5. The highest BCUT2D eigenvalue weighted by atomic mass is 16.5. The smallest absolute Gasteiger partial charge is 0.249 e. The molecule has 0 aromatic heterocycles. The fraction of sp³-hybridized carbons (Fsp3) is 0.700. The van der Waals surface area contributed by atoms with Crippen LogP contribution in [0.15, 0.2) is 12.2 Å². The number of ether oxygens (including phenoxy) is 1. The first-order chi connectivity index (χ1) is 6.04. The summed E-state index contributed by atoms with van der Waals surface area (Å²) in [4.78, 5) is 13.4. The van der Waals surface area contributed by atoms with Crippen LogP contribution in [-0.2, 0) is 9.53 Å². The topological polar surface area (TPSA) is 29.5 Å². The molecule has 0 spiro atoms. The van der Waals surface area contributed by atoms with Crippen molar-refractivity contribution in [2.24, 2.45) is 5.92 Å². The minimum absolute atomic E-state index is 0.0821. The van der Waals surface area contributed by atoms with Gasteiger partial charge >= 0.3 is 0 Å². The molecule has 1 amide bonds. The van der Waals surface area contributed by atoms with Crippen molar-refractivity contribution in [3.8, 4) is 0 Å². The second-order valence-electron chi connectivity index (χ2n) is 4.22. The lowest BCUT2D eigenvalue weighted by Gasteiger charge is -2.30. The second-order valence-corrected chi connectivity index (χ2v) is 4.22. The third-order valence-electron chi connectivity index (χ3n) is 2.90. The average molecular weight is 181 g/mol. The Kier molecular flexibility index (Phi) is 1.74. The lowest BCUT2D eigenvalue weighted by Crippen LogP contribution is -2.45. The van der Waals surface area contributed by atoms with Crippen LogP contribution in [0.2, 0.25) is 0 Å². The average Bonchev–Trinajstić information content (AvgIpc) is 2.50. The number of hydrogen-bond acceptors (Lipinski definition) is 2. The van der Waals surface area contributed by atoms with Crippen molar-refractivity contribution in [2.45, 2.75) is 32.5 Å². The van der Waals surface area contributed by atoms with Crippen LogP contribution < -0.4 is 0 Å². The van der Waals surface area contributed by atoms with Gasteiger partial charge in [-0.25, -0.2) is 0 Å². The molecule has 1 unspecified atom stereocenters. The number of rotatable bonds is 1. The first-order valence-electron chi connectivity index (χ1n) is 4.71. The molecule has 2 atom stereocenters. The van der Waals surface area contributed by atoms with Crippen molar-refractivity contribution in [1.82, 2.24) is 4.90 Å². The normalized spacial score (nSPS) is 37.7. The van der Waals surface area contributed by atoms with Crippen molar-refractivity contribution in [2.75, 3.05) is 6.61 Å². The maximum atomic E-state index is 11.5. The van der Waals surface area contributed by atoms with Crippen molar-refractivity contribution in [3.63, 3.8) is 0 Å². The Labute approximate surface area is 78.4 Å². The number of carbonyl (C=O) groups excluding carboxylic acids is 1. The van der Waals surface area contributed by atoms with E-state index in [1.165, 1.54) is 0 Å². The molecule has 0 aliphatic carbocycles. The van der Waals surface area contributed by atoms with E-state index >= 15 is 0 Å². The summed E-state index contributed by atoms with van der Waals surface area (Å²) in [5.41, 5.74) is -0.466. The van der Waals surface area contributed by atoms with Crippen LogP contribution >= 0.6 is 0 Å². The highest BCUT2D eigenvalue weighted by Gasteiger charge is 2.48. The van der Waals surface area contributed by atoms with Crippen molar-refractivity contribution in [1.29, 1.82) is 0 Å². The molecule has 2 rings (SSSR count). The summed E-state index contributed by atoms with van der Waals surface area (Å²) in [7, 11) is 0. The molecule has 13 heavy (non-hydrogen) atoms. The lowest BCUT2D eigenvalue weighted by molar-refractivity contribution is -0.134. The van der Waals surface area contributed by atoms with Gasteiger partial charge in [0.2, 0.25) is 5.91 Å². The Morgan fingerprint density at radius 3 is 3.00 bits per heavy atom. The summed E-state index contributed by atoms with van der Waals surface area (Å²) in [6.45, 7) is 6.83. The van der Waals surface area contributed by atoms with E-state index in [-0.39, 0.29) is 11.9 Å². The fourth-order valence-electron chi connectivity index (χ4n) is 2.03. The summed E-state index contributed by atoms with van der Waals surface area (Å²) in [6, 6.07) is 0.229. The lowest BCUT2D eigenvalue weighted by atomic mass is 10.0. The molecule has 72 valence electrons. The molecule has 0 N–H and O–H groups in total. The van der Waals surface area contributed by atoms with E-state index < -0.39 is 5.72 Å². The van der Waals surface area contributed by atoms with Gasteiger partial charge in [0.25, 0.3) is 0 Å². The van der Waals surface area contributed by atoms with Crippen LogP contribution in [0.1, 0.15) is 20.8 Å². The first-order valence-corrected chi connectivity index (χ1v) is 4.71. The predicted molar refractivity (Wildman–Crippen MR) is 49.0 cm³/mol. The fourth-order valence-corrected chi connectivity index (χ4v) is 2.03. The van der Waals surface area contributed by atoms with Crippen molar-refractivity contribution in [3.05, 3.63) is 12.2 Å². The van der Waals surface area contributed by atoms with Crippen LogP contribution in [0.5, 0.6) is 0 Å². The minimum atomic E-state index is -0.466. The van der Waals surface area contributed by atoms with Crippen LogP contribution in [0.4, 0.5) is 0 Å². The Morgan fingerprint density at radius 1 is 1.69 bits per heavy atom. The SMILES string of the molecule is CC(C)C1CO[C@]2(C)C=CC(=O)N12. The zero-order valence-electron chi connectivity index (χ0n) is 8.28. The van der Waals surface area contributed by atoms with Gasteiger partial charge in [0.05, 0.1) is 12.6 Å². The minimum Gasteiger partial charge on any atom is -0.350 e. The highest BCUT2D eigenvalue weighted by Crippen LogP contribution is 2.35. The predicted octanol–water partition coefficient (Wildman–Crippen LogP) is 1.16. The van der Waals surface area contributed by atoms with Crippen LogP contribution in [0, 0.1) is 5.92 Å². The van der Waals surface area contributed by atoms with Crippen molar-refractivity contribution >= 4 is 5.91 Å². The van der Waals surface area contributed by atoms with Crippen molar-refractivity contribution < 1.29 is 9.53 Å². The summed E-state index contributed by atoms with van der Waals surface area (Å²) in [6.07, 6.45) is 3.45. The maximum Gasteiger partial charge on any atom is 0.249 e. The van der Waals surface area contributed by atoms with Crippen LogP contribution in [0.25, 0.3) is 0 Å². The number of hydrogen-bond donors (Lipinski definition) is 0. The molecule has 0 aromatic rings. The van der Waals surface area contributed by atoms with Gasteiger partial charge in [-0.15, -0.1) is 0 Å². The van der Waals surface area contributed by atoms with E-state index in [1.807, 2.05) is 17.9 Å². The largest absolute Gasteiger partial charge is 0.350 e. The Balaban J connectivity index is 2.28. The molecule has 2 aliphatic rings. The quantitative estimate of drug-likeness (QED) is 0.607. The van der Waals surface area contributed by atoms with E-state index in [0.29, 0.717) is 12.5 Å². The molecule has 1 fully saturated rings. The first kappa shape index (κ1) is 8.75. The molecule has 2 aliphatic heterocycles. The molecule has 3 nitrogen and oxygen atoms in total. The zero-order chi connectivity index (χ0) is 9.64. The molecular formula is C10H15NO2. The van der Waals surface area contributed by atoms with Gasteiger partial charge in [-0.2, -0.15) is 0 Å². The van der Waals surface area contributed by atoms with E-state index in [0.717, 1.165) is 0 Å². The van der Waals surface area contributed by atoms with E-state index in [2.05, 4.69) is 13.8 Å². The summed E-state index contributed by atoms with van der Waals surface area (Å²) in [5, 5.41) is 0. The number of carbonyl (C=O) groups is 1. The molecule has 0 saturated carbocycles. The number of nitrogens with zero attached hydrogens (tertiary/aromatic N) is 1. The van der Waals surface area contributed by atoms with E-state index in [4.69, 9.17) is 4.74 Å². The van der Waals surface area contributed by atoms with Gasteiger partial charge < -0.3 is 9.64 Å². The van der Waals surface area contributed by atoms with Gasteiger partial charge in [-0.3, -0.25) is 4.79 Å². The summed E-state index contributed by atoms with van der Waals surface area (Å²) >= 11 is 0.